The lowest BCUT2D eigenvalue weighted by Gasteiger charge is -2.07. The molecule has 2 aromatic carbocycles. The molecule has 0 radical (unpaired) electrons. The SMILES string of the molecule is CC(C)C1=NC=NC1.CC(C)C1=NN=CC1.CC(C)c1ccc2c(c1)CCN2.CC(C)c1ccc2nc[nH]c2c1.CC(C)c1ccno1.CC(C)c1ccon1.CC(C)c1cn[nH]n1.CC(C)c1cnn2c1CCC2.CC(C)c1cnoc1.CC(C)c1cocn1.CC(C)c1ncco1.CC(C)c1ncn[nH]1.CC(C)c1ncno1.CC(C)c1ncon1.CC(C)c1nn[nH]n1.CC(C)c1nn[nH]n1. The topological polar surface area (TPSA) is 508 Å². The van der Waals surface area contributed by atoms with Gasteiger partial charge in [0, 0.05) is 108 Å². The molecule has 139 heavy (non-hydrogen) atoms. The molecule has 758 valence electrons. The molecule has 0 saturated carbocycles. The van der Waals surface area contributed by atoms with E-state index in [2.05, 4.69) is 365 Å². The van der Waals surface area contributed by atoms with Gasteiger partial charge in [0.05, 0.1) is 72.0 Å². The summed E-state index contributed by atoms with van der Waals surface area (Å²) in [5, 5.41) is 76.6. The van der Waals surface area contributed by atoms with E-state index in [0.29, 0.717) is 101 Å². The van der Waals surface area contributed by atoms with Crippen LogP contribution in [-0.4, -0.2) is 174 Å². The number of aliphatic imine (C=N–C) groups is 2. The number of oxazole rings is 2. The molecule has 17 heterocycles. The number of aromatic nitrogens is 27. The number of nitrogens with one attached hydrogen (secondary N) is 6. The predicted octanol–water partition coefficient (Wildman–Crippen LogP) is 23.9. The van der Waals surface area contributed by atoms with Crippen LogP contribution in [0.15, 0.2) is 188 Å². The van der Waals surface area contributed by atoms with Gasteiger partial charge in [0.15, 0.2) is 36.1 Å². The molecule has 0 aliphatic carbocycles. The molecule has 0 saturated heterocycles. The number of rotatable bonds is 16. The van der Waals surface area contributed by atoms with Crippen LogP contribution in [0.25, 0.3) is 11.0 Å². The van der Waals surface area contributed by atoms with Crippen molar-refractivity contribution < 1.29 is 31.4 Å². The van der Waals surface area contributed by atoms with Crippen molar-refractivity contribution in [3.8, 4) is 0 Å². The lowest BCUT2D eigenvalue weighted by Crippen LogP contribution is -2.07. The van der Waals surface area contributed by atoms with Crippen LogP contribution < -0.4 is 5.32 Å². The fourth-order valence-corrected chi connectivity index (χ4v) is 11.3. The molecule has 4 aliphatic heterocycles. The quantitative estimate of drug-likeness (QED) is 0.0523. The molecular weight excluding hydrogens is 1760 g/mol. The Bertz CT molecular complexity index is 4750. The number of nitrogens with zero attached hydrogens (tertiary/aromatic N) is 26. The Labute approximate surface area is 820 Å². The van der Waals surface area contributed by atoms with Crippen molar-refractivity contribution in [2.45, 2.75) is 337 Å². The van der Waals surface area contributed by atoms with E-state index in [4.69, 9.17) is 17.9 Å². The average molecular weight is 1920 g/mol. The summed E-state index contributed by atoms with van der Waals surface area (Å²) in [6.07, 6.45) is 31.0. The Hall–Kier alpha value is -13.6. The average Bonchev–Trinajstić information content (AvgIpc) is 1.66. The van der Waals surface area contributed by atoms with Gasteiger partial charge in [-0.15, -0.1) is 20.4 Å². The number of tetrazole rings is 2. The number of imidazole rings is 1. The number of H-pyrrole nitrogens is 5. The lowest BCUT2D eigenvalue weighted by atomic mass is 10.00. The van der Waals surface area contributed by atoms with Crippen LogP contribution in [-0.2, 0) is 19.4 Å². The van der Waals surface area contributed by atoms with Crippen molar-refractivity contribution in [1.29, 1.82) is 0 Å². The van der Waals surface area contributed by atoms with Gasteiger partial charge in [-0.05, 0) is 113 Å². The highest BCUT2D eigenvalue weighted by Crippen LogP contribution is 2.28. The van der Waals surface area contributed by atoms with E-state index in [1.165, 1.54) is 89.8 Å². The summed E-state index contributed by atoms with van der Waals surface area (Å²) in [5.74, 6) is 13.5. The molecule has 15 aromatic rings. The molecule has 39 nitrogen and oxygen atoms in total. The van der Waals surface area contributed by atoms with Gasteiger partial charge in [-0.25, -0.2) is 24.9 Å². The largest absolute Gasteiger partial charge is 0.451 e. The second-order valence-electron chi connectivity index (χ2n) is 37.2. The summed E-state index contributed by atoms with van der Waals surface area (Å²) < 4.78 is 35.2. The first-order valence-corrected chi connectivity index (χ1v) is 47.9. The number of anilines is 1. The number of aryl methyl sites for hydroxylation is 1. The highest BCUT2D eigenvalue weighted by atomic mass is 16.5. The minimum atomic E-state index is 0.345. The summed E-state index contributed by atoms with van der Waals surface area (Å²) in [5.41, 5.74) is 17.3. The molecule has 0 amide bonds. The van der Waals surface area contributed by atoms with Gasteiger partial charge in [0.2, 0.25) is 12.3 Å². The summed E-state index contributed by atoms with van der Waals surface area (Å²) >= 11 is 0. The molecule has 13 aromatic heterocycles. The van der Waals surface area contributed by atoms with Gasteiger partial charge in [-0.2, -0.15) is 56.2 Å². The second-order valence-corrected chi connectivity index (χ2v) is 37.2. The fourth-order valence-electron chi connectivity index (χ4n) is 11.3. The third-order valence-corrected chi connectivity index (χ3v) is 20.2. The molecule has 0 bridgehead atoms. The van der Waals surface area contributed by atoms with E-state index in [-0.39, 0.29) is 0 Å². The van der Waals surface area contributed by atoms with Gasteiger partial charge in [-0.1, -0.05) is 276 Å². The van der Waals surface area contributed by atoms with E-state index < -0.39 is 0 Å². The van der Waals surface area contributed by atoms with Gasteiger partial charge >= 0.3 is 0 Å². The molecule has 0 atom stereocenters. The fraction of sp³-hybridized carbons (Fsp3) is 0.550. The standard InChI is InChI=1S/C11H15N.C10H12N2.C9H14N2.2C6H10N2.5C6H9NO.2C5H9N3.2C5H8N2O.2C4H8N4/c1-8(2)9-3-4-11-10(7-9)5-6-12-11;1-7(2)8-3-4-9-10(5-8)12-6-11-9;1-7(2)8-6-10-11-5-3-4-9(8)11;1-5(2)6-3-7-4-8-6;1-5(2)6-3-4-7-8-6;1-5(2)6-3-8-4-7-6;1-5(2)6-3-7-8-4-6;1-5(2)6-7-3-4-8-6;1-5(2)6-3-4-8-7-6;1-5(2)6-3-4-7-8-6;1-4(2)5-6-3-7-8-5;1-4(2)5-3-6-8-7-5;1-4(2)5-6-3-8-7-5;1-4(2)5-6-3-7-8-5;2*1-3(2)4-5-7-8-6-4/h3-4,7-8,12H,5-6H2,1-2H3;3-7H,1-2H3,(H,11,12);6-7H,3-5H2,1-2H3;2*4-5H,3H2,1-2H3;5*3-5H,1-2H3;2*3-4H,1-2H3,(H,6,7,8);2*3-4H,1-2H3;2*3H,1-2H3,(H,5,6,7,8). The zero-order valence-electron chi connectivity index (χ0n) is 88.0. The molecule has 19 rings (SSSR count). The van der Waals surface area contributed by atoms with Gasteiger partial charge in [0.1, 0.15) is 49.3 Å². The lowest BCUT2D eigenvalue weighted by molar-refractivity contribution is 0.364. The highest BCUT2D eigenvalue weighted by Gasteiger charge is 2.19. The minimum absolute atomic E-state index is 0.345. The van der Waals surface area contributed by atoms with Crippen molar-refractivity contribution in [2.75, 3.05) is 18.4 Å². The van der Waals surface area contributed by atoms with Gasteiger partial charge < -0.3 is 41.8 Å². The first-order valence-electron chi connectivity index (χ1n) is 47.9. The maximum atomic E-state index is 4.98. The number of fused-ring (bicyclic) bond motifs is 3. The molecule has 0 spiro atoms. The number of hydrogen-bond donors (Lipinski definition) is 6. The first-order chi connectivity index (χ1) is 66.3. The van der Waals surface area contributed by atoms with Gasteiger partial charge in [0.25, 0.3) is 0 Å². The maximum absolute atomic E-state index is 4.98. The van der Waals surface area contributed by atoms with Crippen molar-refractivity contribution in [1.82, 2.24) is 137 Å². The van der Waals surface area contributed by atoms with Crippen molar-refractivity contribution >= 4 is 40.7 Å². The summed E-state index contributed by atoms with van der Waals surface area (Å²) in [6.45, 7) is 70.1. The first kappa shape index (κ1) is 118. The second kappa shape index (κ2) is 66.0. The normalized spacial score (nSPS) is 12.1. The summed E-state index contributed by atoms with van der Waals surface area (Å²) in [7, 11) is 0. The van der Waals surface area contributed by atoms with E-state index in [9.17, 15) is 0 Å². The summed E-state index contributed by atoms with van der Waals surface area (Å²) in [6, 6.07) is 16.9. The highest BCUT2D eigenvalue weighted by molar-refractivity contribution is 5.99. The molecule has 0 fully saturated rings. The van der Waals surface area contributed by atoms with Gasteiger partial charge in [-0.3, -0.25) is 14.8 Å². The number of hydrogen-bond acceptors (Lipinski definition) is 33. The predicted molar refractivity (Wildman–Crippen MR) is 546 cm³/mol. The Balaban J connectivity index is 0.000000310. The van der Waals surface area contributed by atoms with Crippen molar-refractivity contribution in [2.24, 2.45) is 32.0 Å². The molecule has 4 aliphatic rings. The smallest absolute Gasteiger partial charge is 0.228 e. The Morgan fingerprint density at radius 2 is 1.11 bits per heavy atom. The number of benzene rings is 2. The summed E-state index contributed by atoms with van der Waals surface area (Å²) in [4.78, 5) is 34.8. The molecule has 6 N–H and O–H groups in total. The van der Waals surface area contributed by atoms with Crippen LogP contribution in [0.5, 0.6) is 0 Å². The van der Waals surface area contributed by atoms with E-state index in [1.54, 1.807) is 62.5 Å². The van der Waals surface area contributed by atoms with Crippen LogP contribution in [0.2, 0.25) is 0 Å². The molecule has 39 heteroatoms. The molecular formula is C100H156N32O7. The van der Waals surface area contributed by atoms with Crippen molar-refractivity contribution in [3.05, 3.63) is 228 Å². The number of aromatic amines is 5. The zero-order chi connectivity index (χ0) is 103. The molecule has 0 unspecified atom stereocenters. The Kier molecular flexibility index (Phi) is 55.8. The van der Waals surface area contributed by atoms with Crippen molar-refractivity contribution in [3.63, 3.8) is 0 Å². The van der Waals surface area contributed by atoms with Crippen LogP contribution >= 0.6 is 0 Å². The third-order valence-electron chi connectivity index (χ3n) is 20.2. The monoisotopic (exact) mass is 1920 g/mol. The van der Waals surface area contributed by atoms with E-state index >= 15 is 0 Å². The van der Waals surface area contributed by atoms with E-state index in [0.717, 1.165) is 94.7 Å². The maximum Gasteiger partial charge on any atom is 0.228 e. The Morgan fingerprint density at radius 3 is 1.47 bits per heavy atom. The van der Waals surface area contributed by atoms with Crippen LogP contribution in [0.1, 0.15) is 409 Å². The minimum Gasteiger partial charge on any atom is -0.451 e. The van der Waals surface area contributed by atoms with Crippen LogP contribution in [0.3, 0.4) is 0 Å². The van der Waals surface area contributed by atoms with Crippen LogP contribution in [0, 0.1) is 11.8 Å². The Morgan fingerprint density at radius 1 is 0.446 bits per heavy atom. The zero-order valence-corrected chi connectivity index (χ0v) is 88.0. The van der Waals surface area contributed by atoms with E-state index in [1.807, 2.05) is 93.8 Å². The third kappa shape index (κ3) is 47.3. The van der Waals surface area contributed by atoms with Crippen LogP contribution in [0.4, 0.5) is 5.69 Å².